The number of methoxy groups -OCH3 is 2. The highest BCUT2D eigenvalue weighted by molar-refractivity contribution is 5.80. The largest absolute Gasteiger partial charge is 0.465 e. The minimum absolute atomic E-state index is 0.210. The van der Waals surface area contributed by atoms with Crippen molar-refractivity contribution in [1.82, 2.24) is 10.2 Å². The fourth-order valence-corrected chi connectivity index (χ4v) is 2.09. The molecule has 0 heterocycles. The van der Waals surface area contributed by atoms with Crippen LogP contribution in [0.5, 0.6) is 0 Å². The molecule has 0 amide bonds. The van der Waals surface area contributed by atoms with Crippen molar-refractivity contribution in [2.75, 3.05) is 54.2 Å². The normalized spacial score (nSPS) is 15.8. The summed E-state index contributed by atoms with van der Waals surface area (Å²) in [5.41, 5.74) is -0.672. The maximum absolute atomic E-state index is 12.1. The number of hydrogen-bond acceptors (Lipinski definition) is 6. The third-order valence-corrected chi connectivity index (χ3v) is 3.79. The second-order valence-corrected chi connectivity index (χ2v) is 5.39. The molecule has 2 atom stereocenters. The van der Waals surface area contributed by atoms with Crippen LogP contribution in [0, 0.1) is 0 Å². The van der Waals surface area contributed by atoms with Crippen molar-refractivity contribution in [1.29, 1.82) is 0 Å². The maximum atomic E-state index is 12.1. The molecule has 0 saturated carbocycles. The van der Waals surface area contributed by atoms with Crippen molar-refractivity contribution in [3.05, 3.63) is 0 Å². The lowest BCUT2D eigenvalue weighted by molar-refractivity contribution is -0.150. The van der Waals surface area contributed by atoms with Crippen molar-refractivity contribution >= 4 is 5.97 Å². The molecule has 1 N–H and O–H groups in total. The first kappa shape index (κ1) is 20.3. The maximum Gasteiger partial charge on any atom is 0.326 e. The quantitative estimate of drug-likeness (QED) is 0.541. The Morgan fingerprint density at radius 3 is 2.43 bits per heavy atom. The Kier molecular flexibility index (Phi) is 10.6. The first-order valence-corrected chi connectivity index (χ1v) is 7.53. The van der Waals surface area contributed by atoms with Crippen LogP contribution in [-0.4, -0.2) is 76.6 Å². The van der Waals surface area contributed by atoms with Gasteiger partial charge in [0.25, 0.3) is 0 Å². The van der Waals surface area contributed by atoms with Crippen molar-refractivity contribution in [3.8, 4) is 0 Å². The molecular formula is C15H32N2O4. The van der Waals surface area contributed by atoms with Gasteiger partial charge in [0, 0.05) is 33.4 Å². The highest BCUT2D eigenvalue weighted by Gasteiger charge is 2.33. The van der Waals surface area contributed by atoms with Crippen molar-refractivity contribution in [2.24, 2.45) is 0 Å². The van der Waals surface area contributed by atoms with Gasteiger partial charge in [-0.3, -0.25) is 9.69 Å². The molecule has 0 aliphatic carbocycles. The van der Waals surface area contributed by atoms with Crippen LogP contribution in [0.15, 0.2) is 0 Å². The third kappa shape index (κ3) is 7.22. The lowest BCUT2D eigenvalue weighted by Crippen LogP contribution is -2.51. The van der Waals surface area contributed by atoms with E-state index in [9.17, 15) is 4.79 Å². The van der Waals surface area contributed by atoms with E-state index in [1.54, 1.807) is 21.3 Å². The summed E-state index contributed by atoms with van der Waals surface area (Å²) in [7, 11) is 5.17. The van der Waals surface area contributed by atoms with Crippen molar-refractivity contribution in [2.45, 2.75) is 38.8 Å². The van der Waals surface area contributed by atoms with E-state index in [0.29, 0.717) is 26.2 Å². The zero-order valence-corrected chi connectivity index (χ0v) is 14.4. The van der Waals surface area contributed by atoms with Crippen LogP contribution in [0.1, 0.15) is 27.2 Å². The van der Waals surface area contributed by atoms with E-state index in [4.69, 9.17) is 14.2 Å². The molecule has 0 aromatic heterocycles. The summed E-state index contributed by atoms with van der Waals surface area (Å²) in [5, 5.41) is 3.08. The lowest BCUT2D eigenvalue weighted by Gasteiger charge is -2.33. The molecule has 2 unspecified atom stereocenters. The molecule has 0 rings (SSSR count). The number of esters is 1. The van der Waals surface area contributed by atoms with Crippen LogP contribution in [-0.2, 0) is 19.0 Å². The van der Waals surface area contributed by atoms with E-state index >= 15 is 0 Å². The molecule has 0 fully saturated rings. The average molecular weight is 304 g/mol. The first-order chi connectivity index (χ1) is 9.95. The number of carbonyl (C=O) groups is 1. The Morgan fingerprint density at radius 2 is 1.95 bits per heavy atom. The molecule has 0 spiro atoms. The first-order valence-electron chi connectivity index (χ1n) is 7.53. The predicted octanol–water partition coefficient (Wildman–Crippen LogP) is 0.901. The van der Waals surface area contributed by atoms with Crippen LogP contribution in [0.3, 0.4) is 0 Å². The summed E-state index contributed by atoms with van der Waals surface area (Å²) in [4.78, 5) is 14.3. The second kappa shape index (κ2) is 11.0. The van der Waals surface area contributed by atoms with E-state index < -0.39 is 5.54 Å². The number of likely N-dealkylation sites (N-methyl/N-ethyl adjacent to an activating group) is 1. The summed E-state index contributed by atoms with van der Waals surface area (Å²) in [6, 6.07) is 0.272. The SMILES string of the molecule is CCOC(=O)C(C)(CCN(CCOC)C(C)COC)NC. The Labute approximate surface area is 129 Å². The summed E-state index contributed by atoms with van der Waals surface area (Å²) >= 11 is 0. The monoisotopic (exact) mass is 304 g/mol. The molecular weight excluding hydrogens is 272 g/mol. The molecule has 0 saturated heterocycles. The van der Waals surface area contributed by atoms with Gasteiger partial charge in [-0.05, 0) is 34.2 Å². The van der Waals surface area contributed by atoms with Crippen molar-refractivity contribution < 1.29 is 19.0 Å². The molecule has 6 nitrogen and oxygen atoms in total. The van der Waals surface area contributed by atoms with E-state index in [1.165, 1.54) is 0 Å². The lowest BCUT2D eigenvalue weighted by atomic mass is 9.97. The number of hydrogen-bond donors (Lipinski definition) is 1. The standard InChI is InChI=1S/C15H32N2O4/c1-7-21-14(18)15(3,16-4)8-9-17(10-11-19-5)13(2)12-20-6/h13,16H,7-12H2,1-6H3. The van der Waals surface area contributed by atoms with E-state index in [1.807, 2.05) is 13.8 Å². The van der Waals surface area contributed by atoms with Gasteiger partial charge in [0.15, 0.2) is 0 Å². The number of rotatable bonds is 12. The molecule has 0 bridgehead atoms. The minimum atomic E-state index is -0.672. The van der Waals surface area contributed by atoms with Gasteiger partial charge in [-0.2, -0.15) is 0 Å². The van der Waals surface area contributed by atoms with Crippen molar-refractivity contribution in [3.63, 3.8) is 0 Å². The second-order valence-electron chi connectivity index (χ2n) is 5.39. The summed E-state index contributed by atoms with van der Waals surface area (Å²) in [6.45, 7) is 9.08. The molecule has 0 aromatic carbocycles. The minimum Gasteiger partial charge on any atom is -0.465 e. The number of nitrogens with zero attached hydrogens (tertiary/aromatic N) is 1. The average Bonchev–Trinajstić information content (AvgIpc) is 2.47. The number of carbonyl (C=O) groups excluding carboxylic acids is 1. The van der Waals surface area contributed by atoms with Gasteiger partial charge in [0.05, 0.1) is 19.8 Å². The molecule has 6 heteroatoms. The Morgan fingerprint density at radius 1 is 1.29 bits per heavy atom. The molecule has 0 aromatic rings. The predicted molar refractivity (Wildman–Crippen MR) is 83.5 cm³/mol. The van der Waals surface area contributed by atoms with Crippen LogP contribution in [0.4, 0.5) is 0 Å². The smallest absolute Gasteiger partial charge is 0.326 e. The zero-order valence-electron chi connectivity index (χ0n) is 14.4. The van der Waals surface area contributed by atoms with E-state index in [2.05, 4.69) is 17.1 Å². The van der Waals surface area contributed by atoms with Gasteiger partial charge < -0.3 is 19.5 Å². The van der Waals surface area contributed by atoms with E-state index in [0.717, 1.165) is 13.1 Å². The Bertz CT molecular complexity index is 289. The molecule has 0 radical (unpaired) electrons. The highest BCUT2D eigenvalue weighted by atomic mass is 16.5. The van der Waals surface area contributed by atoms with Gasteiger partial charge in [-0.1, -0.05) is 0 Å². The number of ether oxygens (including phenoxy) is 3. The number of nitrogens with one attached hydrogen (secondary N) is 1. The van der Waals surface area contributed by atoms with Crippen LogP contribution in [0.25, 0.3) is 0 Å². The molecule has 126 valence electrons. The Balaban J connectivity index is 4.63. The molecule has 0 aliphatic heterocycles. The third-order valence-electron chi connectivity index (χ3n) is 3.79. The zero-order chi connectivity index (χ0) is 16.3. The Hall–Kier alpha value is -0.690. The van der Waals surface area contributed by atoms with Gasteiger partial charge in [-0.15, -0.1) is 0 Å². The van der Waals surface area contributed by atoms with Gasteiger partial charge in [0.2, 0.25) is 0 Å². The highest BCUT2D eigenvalue weighted by Crippen LogP contribution is 2.14. The fraction of sp³-hybridized carbons (Fsp3) is 0.933. The summed E-state index contributed by atoms with van der Waals surface area (Å²) in [5.74, 6) is -0.210. The molecule has 21 heavy (non-hydrogen) atoms. The van der Waals surface area contributed by atoms with Crippen LogP contribution in [0.2, 0.25) is 0 Å². The topological polar surface area (TPSA) is 60.0 Å². The van der Waals surface area contributed by atoms with Gasteiger partial charge in [-0.25, -0.2) is 0 Å². The van der Waals surface area contributed by atoms with Gasteiger partial charge in [0.1, 0.15) is 5.54 Å². The van der Waals surface area contributed by atoms with Crippen LogP contribution < -0.4 is 5.32 Å². The van der Waals surface area contributed by atoms with E-state index in [-0.39, 0.29) is 12.0 Å². The van der Waals surface area contributed by atoms with Gasteiger partial charge >= 0.3 is 5.97 Å². The van der Waals surface area contributed by atoms with Crippen LogP contribution >= 0.6 is 0 Å². The fourth-order valence-electron chi connectivity index (χ4n) is 2.09. The summed E-state index contributed by atoms with van der Waals surface area (Å²) < 4.78 is 15.5. The molecule has 0 aliphatic rings. The summed E-state index contributed by atoms with van der Waals surface area (Å²) in [6.07, 6.45) is 0.667.